The molecule has 10 fully saturated rings. The maximum absolute atomic E-state index is 15.1. The lowest BCUT2D eigenvalue weighted by Crippen LogP contribution is -2.67. The third kappa shape index (κ3) is 14.4. The maximum atomic E-state index is 15.1. The molecule has 0 aromatic rings. The van der Waals surface area contributed by atoms with Gasteiger partial charge in [-0.3, -0.25) is 14.4 Å². The first-order valence-electron chi connectivity index (χ1n) is 36.1. The highest BCUT2D eigenvalue weighted by Gasteiger charge is 2.81. The molecule has 7 saturated heterocycles. The van der Waals surface area contributed by atoms with Crippen molar-refractivity contribution in [1.82, 2.24) is 0 Å². The van der Waals surface area contributed by atoms with Crippen LogP contribution in [0.15, 0.2) is 11.6 Å². The number of rotatable bonds is 22. The van der Waals surface area contributed by atoms with E-state index in [9.17, 15) is 86.2 Å². The Hall–Kier alpha value is -2.97. The van der Waals surface area contributed by atoms with Gasteiger partial charge in [-0.25, -0.2) is 0 Å². The summed E-state index contributed by atoms with van der Waals surface area (Å²) in [5.74, 6) is -2.21. The van der Waals surface area contributed by atoms with Crippen molar-refractivity contribution in [2.45, 2.75) is 317 Å². The van der Waals surface area contributed by atoms with Crippen LogP contribution in [-0.4, -0.2) is 331 Å². The Kier molecular flexibility index (Phi) is 24.7. The monoisotopic (exact) mass is 1480 g/mol. The minimum absolute atomic E-state index is 0.120. The number of methoxy groups -OCH3 is 1. The van der Waals surface area contributed by atoms with E-state index in [0.29, 0.717) is 44.9 Å². The van der Waals surface area contributed by atoms with E-state index < -0.39 is 274 Å². The first-order chi connectivity index (χ1) is 48.5. The van der Waals surface area contributed by atoms with Crippen LogP contribution in [0.1, 0.15) is 121 Å². The van der Waals surface area contributed by atoms with Gasteiger partial charge in [0.05, 0.1) is 56.6 Å². The van der Waals surface area contributed by atoms with Gasteiger partial charge in [-0.05, 0) is 99.2 Å². The molecular formula is C69H110O34. The number of hydrogen-bond acceptors (Lipinski definition) is 34. The smallest absolute Gasteiger partial charge is 0.314 e. The number of allylic oxidation sites excluding steroid dienone is 2. The van der Waals surface area contributed by atoms with E-state index in [-0.39, 0.29) is 24.2 Å². The topological polar surface area (TPSA) is 502 Å². The number of hydrogen-bond donors (Lipinski definition) is 15. The predicted octanol–water partition coefficient (Wildman–Crippen LogP) is -3.94. The Labute approximate surface area is 596 Å². The van der Waals surface area contributed by atoms with E-state index in [4.69, 9.17) is 75.8 Å². The molecule has 590 valence electrons. The summed E-state index contributed by atoms with van der Waals surface area (Å²) in [6.45, 7) is 14.9. The largest absolute Gasteiger partial charge is 0.462 e. The van der Waals surface area contributed by atoms with E-state index in [1.807, 2.05) is 6.92 Å². The van der Waals surface area contributed by atoms with E-state index in [1.165, 1.54) is 27.9 Å². The second-order valence-corrected chi connectivity index (χ2v) is 31.8. The summed E-state index contributed by atoms with van der Waals surface area (Å²) in [5.41, 5.74) is -3.40. The Balaban J connectivity index is 0.846. The van der Waals surface area contributed by atoms with Crippen molar-refractivity contribution in [2.75, 3.05) is 40.1 Å². The van der Waals surface area contributed by atoms with Gasteiger partial charge in [-0.2, -0.15) is 0 Å². The fourth-order valence-electron chi connectivity index (χ4n) is 19.5. The zero-order chi connectivity index (χ0) is 75.2. The van der Waals surface area contributed by atoms with Gasteiger partial charge in [0.2, 0.25) is 0 Å². The van der Waals surface area contributed by atoms with E-state index in [2.05, 4.69) is 47.6 Å². The quantitative estimate of drug-likeness (QED) is 0.0213. The van der Waals surface area contributed by atoms with Gasteiger partial charge in [-0.15, -0.1) is 0 Å². The first kappa shape index (κ1) is 81.0. The fraction of sp³-hybridized carbons (Fsp3) is 0.928. The first-order valence-corrected chi connectivity index (χ1v) is 36.1. The van der Waals surface area contributed by atoms with E-state index in [1.54, 1.807) is 0 Å². The summed E-state index contributed by atoms with van der Waals surface area (Å²) in [5, 5.41) is 166. The minimum atomic E-state index is -2.07. The number of esters is 3. The van der Waals surface area contributed by atoms with E-state index in [0.717, 1.165) is 5.57 Å². The molecule has 0 aromatic heterocycles. The predicted molar refractivity (Wildman–Crippen MR) is 342 cm³/mol. The fourth-order valence-corrected chi connectivity index (χ4v) is 19.5. The SMILES string of the molecule is CO[C@@H]1[C@@H](O)[C@H](O[C@@H]2[C@@H](O)[C@H](O[C@@H]3CO[C@@H](O[C@H]4CC[C@]5(C)C6=CCC78C(=O)O[C@@](C)([C@@H](CCC(C)C)OC(C)=O)[C@H]7[C@@H](OC(C)=O)C[C@@]8(C)[C@@H]6CC[C@H]5C4(C)C)[C@H](O[C@@H]4O[C@H](C)[C@@H](O[C@@H]5OC[C@@H](O)[C@H](O[C@@H]6O[C@H](CO)[C@@H](O)[C@H](O)[C@H]6O)[C@H]5O)[C@H](O)[C@H]4O)[C@H]3O)O[C@H](CO)[C@H]2O)O[C@H](CO)[C@H]1O. The van der Waals surface area contributed by atoms with E-state index >= 15 is 4.79 Å². The van der Waals surface area contributed by atoms with Gasteiger partial charge in [0, 0.05) is 21.0 Å². The van der Waals surface area contributed by atoms with Crippen molar-refractivity contribution in [1.29, 1.82) is 0 Å². The van der Waals surface area contributed by atoms with Gasteiger partial charge in [-0.1, -0.05) is 53.2 Å². The number of carbonyl (C=O) groups is 3. The van der Waals surface area contributed by atoms with Crippen LogP contribution >= 0.6 is 0 Å². The zero-order valence-electron chi connectivity index (χ0n) is 59.9. The van der Waals surface area contributed by atoms with Crippen molar-refractivity contribution >= 4 is 17.9 Å². The van der Waals surface area contributed by atoms with Crippen LogP contribution in [0, 0.1) is 45.3 Å². The molecule has 34 nitrogen and oxygen atoms in total. The minimum Gasteiger partial charge on any atom is -0.462 e. The molecule has 34 heteroatoms. The van der Waals surface area contributed by atoms with Gasteiger partial charge in [0.1, 0.15) is 140 Å². The van der Waals surface area contributed by atoms with Gasteiger partial charge in [0.25, 0.3) is 0 Å². The molecule has 7 heterocycles. The van der Waals surface area contributed by atoms with Crippen LogP contribution in [0.25, 0.3) is 0 Å². The lowest BCUT2D eigenvalue weighted by molar-refractivity contribution is -0.394. The Morgan fingerprint density at radius 3 is 1.74 bits per heavy atom. The number of ether oxygens (including phenoxy) is 16. The van der Waals surface area contributed by atoms with Crippen LogP contribution in [0.5, 0.6) is 0 Å². The molecule has 15 N–H and O–H groups in total. The van der Waals surface area contributed by atoms with Crippen LogP contribution in [-0.2, 0) is 90.2 Å². The molecule has 7 aliphatic heterocycles. The Bertz CT molecular complexity index is 2940. The summed E-state index contributed by atoms with van der Waals surface area (Å²) < 4.78 is 96.9. The molecule has 11 rings (SSSR count). The summed E-state index contributed by atoms with van der Waals surface area (Å²) in [4.78, 5) is 41.1. The second kappa shape index (κ2) is 31.4. The van der Waals surface area contributed by atoms with Crippen molar-refractivity contribution in [3.05, 3.63) is 11.6 Å². The normalized spacial score (nSPS) is 50.8. The van der Waals surface area contributed by atoms with Gasteiger partial charge in [0.15, 0.2) is 43.3 Å². The molecule has 0 bridgehead atoms. The summed E-state index contributed by atoms with van der Waals surface area (Å²) in [6.07, 6.45) is -44.5. The molecular weight excluding hydrogens is 1370 g/mol. The third-order valence-electron chi connectivity index (χ3n) is 24.9. The number of carbonyl (C=O) groups excluding carboxylic acids is 3. The van der Waals surface area contributed by atoms with Crippen molar-refractivity contribution < 1.29 is 167 Å². The third-order valence-corrected chi connectivity index (χ3v) is 24.9. The summed E-state index contributed by atoms with van der Waals surface area (Å²) in [6, 6.07) is 0. The number of cyclic esters (lactones) is 1. The molecule has 4 aliphatic carbocycles. The van der Waals surface area contributed by atoms with Crippen LogP contribution in [0.4, 0.5) is 0 Å². The number of fused-ring (bicyclic) bond motifs is 4. The summed E-state index contributed by atoms with van der Waals surface area (Å²) >= 11 is 0. The number of aliphatic hydroxyl groups excluding tert-OH is 15. The van der Waals surface area contributed by atoms with Crippen molar-refractivity contribution in [3.8, 4) is 0 Å². The molecule has 0 radical (unpaired) electrons. The lowest BCUT2D eigenvalue weighted by atomic mass is 9.41. The number of aliphatic hydroxyl groups is 15. The average Bonchev–Trinajstić information content (AvgIpc) is 1.50. The van der Waals surface area contributed by atoms with Gasteiger partial charge < -0.3 is 152 Å². The van der Waals surface area contributed by atoms with Crippen molar-refractivity contribution in [2.24, 2.45) is 45.3 Å². The Morgan fingerprint density at radius 1 is 0.563 bits per heavy atom. The zero-order valence-corrected chi connectivity index (χ0v) is 59.9. The maximum Gasteiger partial charge on any atom is 0.314 e. The molecule has 38 atom stereocenters. The molecule has 0 aromatic carbocycles. The average molecular weight is 1480 g/mol. The molecule has 1 unspecified atom stereocenters. The molecule has 3 saturated carbocycles. The lowest BCUT2D eigenvalue weighted by Gasteiger charge is -2.63. The standard InChI is InChI=1S/C69H110O34/c1-26(2)12-15-40(93-29(5)74)68(10)57-33(92-28(4)73)20-67(9)31-13-14-38-65(6,7)39(17-18-66(38,8)30(31)16-19-69(57,67)64(87)103-68)98-63-56(44(79)37(25-90-63)97-61-51(86)55(43(78)36(23-72)95-61)101-62-50(85)54(88-11)42(77)35(22-71)96-62)102-59-48(83)46(81)52(27(3)91-59)99-58-49(84)53(32(75)24-89-58)100-60-47(82)45(80)41(76)34(21-70)94-60/h16,26-27,31-63,70-72,75-86H,12-15,17-25H2,1-11H3/t27-,31-,32-,33+,34-,35-,36-,37-,38+,39+,40-,41-,42-,43-,44+,45+,46-,47-,48-,49-,50-,51-,52-,53+,54+,55+,56-,57-,58+,59+,60+,61+,62+,63+,66-,67+,68+,69?/m1/s1. The highest BCUT2D eigenvalue weighted by atomic mass is 16.8. The van der Waals surface area contributed by atoms with Crippen LogP contribution in [0.2, 0.25) is 0 Å². The summed E-state index contributed by atoms with van der Waals surface area (Å²) in [7, 11) is 1.18. The molecule has 1 spiro atoms. The molecule has 103 heavy (non-hydrogen) atoms. The molecule has 0 amide bonds. The highest BCUT2D eigenvalue weighted by molar-refractivity contribution is 5.84. The van der Waals surface area contributed by atoms with Crippen molar-refractivity contribution in [3.63, 3.8) is 0 Å². The van der Waals surface area contributed by atoms with Crippen LogP contribution in [0.3, 0.4) is 0 Å². The Morgan fingerprint density at radius 2 is 1.12 bits per heavy atom. The van der Waals surface area contributed by atoms with Gasteiger partial charge >= 0.3 is 17.9 Å². The highest BCUT2D eigenvalue weighted by Crippen LogP contribution is 2.77. The second-order valence-electron chi connectivity index (χ2n) is 31.8. The van der Waals surface area contributed by atoms with Crippen LogP contribution < -0.4 is 0 Å². The molecule has 11 aliphatic rings.